The Balaban J connectivity index is 1.95. The number of benzene rings is 1. The summed E-state index contributed by atoms with van der Waals surface area (Å²) in [7, 11) is -0.456. The Kier molecular flexibility index (Phi) is 6.98. The van der Waals surface area contributed by atoms with Gasteiger partial charge in [0.1, 0.15) is 0 Å². The van der Waals surface area contributed by atoms with Crippen LogP contribution in [0.3, 0.4) is 0 Å². The Bertz CT molecular complexity index is 729. The highest BCUT2D eigenvalue weighted by atomic mass is 32.2. The zero-order chi connectivity index (χ0) is 19.4. The molecule has 0 radical (unpaired) electrons. The van der Waals surface area contributed by atoms with Gasteiger partial charge >= 0.3 is 0 Å². The van der Waals surface area contributed by atoms with Crippen molar-refractivity contribution in [2.45, 2.75) is 24.3 Å². The van der Waals surface area contributed by atoms with Crippen molar-refractivity contribution >= 4 is 33.0 Å². The molecule has 1 aliphatic heterocycles. The maximum Gasteiger partial charge on any atom is 0.242 e. The van der Waals surface area contributed by atoms with Crippen molar-refractivity contribution in [3.8, 4) is 0 Å². The van der Waals surface area contributed by atoms with Gasteiger partial charge in [-0.3, -0.25) is 4.90 Å². The largest absolute Gasteiger partial charge is 0.379 e. The van der Waals surface area contributed by atoms with Crippen LogP contribution in [-0.4, -0.2) is 75.2 Å². The Morgan fingerprint density at radius 3 is 2.58 bits per heavy atom. The van der Waals surface area contributed by atoms with Gasteiger partial charge in [0, 0.05) is 45.0 Å². The summed E-state index contributed by atoms with van der Waals surface area (Å²) in [6.07, 6.45) is 0. The quantitative estimate of drug-likeness (QED) is 0.698. The first-order valence-electron chi connectivity index (χ1n) is 8.53. The second-order valence-corrected chi connectivity index (χ2v) is 9.59. The van der Waals surface area contributed by atoms with E-state index in [0.29, 0.717) is 17.3 Å². The highest BCUT2D eigenvalue weighted by Gasteiger charge is 2.28. The smallest absolute Gasteiger partial charge is 0.242 e. The number of morpholine rings is 1. The minimum absolute atomic E-state index is 0.0639. The summed E-state index contributed by atoms with van der Waals surface area (Å²) in [6, 6.07) is 6.63. The van der Waals surface area contributed by atoms with Gasteiger partial charge < -0.3 is 15.4 Å². The molecule has 7 nitrogen and oxygen atoms in total. The van der Waals surface area contributed by atoms with E-state index in [2.05, 4.69) is 29.4 Å². The summed E-state index contributed by atoms with van der Waals surface area (Å²) in [5.41, 5.74) is 0.570. The van der Waals surface area contributed by atoms with Crippen molar-refractivity contribution in [2.75, 3.05) is 52.3 Å². The second-order valence-electron chi connectivity index (χ2n) is 7.03. The molecule has 0 saturated carbocycles. The number of nitrogens with zero attached hydrogens (tertiary/aromatic N) is 2. The van der Waals surface area contributed by atoms with Crippen LogP contribution in [0.2, 0.25) is 0 Å². The molecule has 1 aromatic carbocycles. The van der Waals surface area contributed by atoms with Crippen LogP contribution in [0, 0.1) is 0 Å². The maximum atomic E-state index is 12.2. The number of thiocarbonyl (C=S) groups is 1. The fourth-order valence-electron chi connectivity index (χ4n) is 2.70. The van der Waals surface area contributed by atoms with Crippen molar-refractivity contribution in [3.63, 3.8) is 0 Å². The number of ether oxygens (including phenoxy) is 1. The molecular weight excluding hydrogens is 372 g/mol. The molecule has 0 amide bonds. The summed E-state index contributed by atoms with van der Waals surface area (Å²) in [5.74, 6) is 0. The summed E-state index contributed by atoms with van der Waals surface area (Å²) < 4.78 is 31.1. The van der Waals surface area contributed by atoms with E-state index >= 15 is 0 Å². The van der Waals surface area contributed by atoms with Gasteiger partial charge in [-0.05, 0) is 44.3 Å². The Labute approximate surface area is 161 Å². The van der Waals surface area contributed by atoms with Crippen molar-refractivity contribution in [2.24, 2.45) is 0 Å². The SMILES string of the molecule is CN(C)S(=O)(=O)c1cccc(NC(=S)NCC(C)(C)N2CCOCC2)c1. The molecule has 1 heterocycles. The normalized spacial score (nSPS) is 16.5. The Hall–Kier alpha value is -1.26. The lowest BCUT2D eigenvalue weighted by atomic mass is 10.0. The molecule has 0 bridgehead atoms. The minimum Gasteiger partial charge on any atom is -0.379 e. The van der Waals surface area contributed by atoms with E-state index in [1.807, 2.05) is 0 Å². The third-order valence-electron chi connectivity index (χ3n) is 4.42. The minimum atomic E-state index is -3.47. The molecule has 1 saturated heterocycles. The number of nitrogens with one attached hydrogen (secondary N) is 2. The van der Waals surface area contributed by atoms with E-state index in [4.69, 9.17) is 17.0 Å². The zero-order valence-corrected chi connectivity index (χ0v) is 17.4. The Morgan fingerprint density at radius 2 is 1.96 bits per heavy atom. The van der Waals surface area contributed by atoms with E-state index in [-0.39, 0.29) is 10.4 Å². The lowest BCUT2D eigenvalue weighted by molar-refractivity contribution is -0.00823. The standard InChI is InChI=1S/C17H28N4O3S2/c1-17(2,21-8-10-24-11-9-21)13-18-16(25)19-14-6-5-7-15(12-14)26(22,23)20(3)4/h5-7,12H,8-11,13H2,1-4H3,(H2,18,19,25). The highest BCUT2D eigenvalue weighted by molar-refractivity contribution is 7.89. The highest BCUT2D eigenvalue weighted by Crippen LogP contribution is 2.18. The summed E-state index contributed by atoms with van der Waals surface area (Å²) >= 11 is 5.37. The fourth-order valence-corrected chi connectivity index (χ4v) is 3.84. The average Bonchev–Trinajstić information content (AvgIpc) is 2.61. The number of hydrogen-bond donors (Lipinski definition) is 2. The van der Waals surface area contributed by atoms with E-state index < -0.39 is 10.0 Å². The monoisotopic (exact) mass is 400 g/mol. The topological polar surface area (TPSA) is 73.9 Å². The molecule has 0 aliphatic carbocycles. The van der Waals surface area contributed by atoms with E-state index in [1.165, 1.54) is 18.4 Å². The molecule has 0 unspecified atom stereocenters. The second kappa shape index (κ2) is 8.62. The van der Waals surface area contributed by atoms with Crippen molar-refractivity contribution in [1.29, 1.82) is 0 Å². The van der Waals surface area contributed by atoms with Crippen molar-refractivity contribution in [3.05, 3.63) is 24.3 Å². The maximum absolute atomic E-state index is 12.2. The van der Waals surface area contributed by atoms with Gasteiger partial charge in [-0.1, -0.05) is 6.07 Å². The fraction of sp³-hybridized carbons (Fsp3) is 0.588. The number of hydrogen-bond acceptors (Lipinski definition) is 5. The summed E-state index contributed by atoms with van der Waals surface area (Å²) in [4.78, 5) is 2.60. The lowest BCUT2D eigenvalue weighted by Crippen LogP contribution is -2.55. The van der Waals surface area contributed by atoms with Gasteiger partial charge in [-0.25, -0.2) is 12.7 Å². The molecule has 0 atom stereocenters. The lowest BCUT2D eigenvalue weighted by Gasteiger charge is -2.41. The first kappa shape index (κ1) is 21.0. The first-order chi connectivity index (χ1) is 12.1. The molecule has 146 valence electrons. The van der Waals surface area contributed by atoms with Gasteiger partial charge in [0.25, 0.3) is 0 Å². The molecule has 2 rings (SSSR count). The molecule has 1 fully saturated rings. The summed E-state index contributed by atoms with van der Waals surface area (Å²) in [6.45, 7) is 8.31. The van der Waals surface area contributed by atoms with Gasteiger partial charge in [-0.2, -0.15) is 0 Å². The van der Waals surface area contributed by atoms with Crippen LogP contribution in [0.15, 0.2) is 29.2 Å². The van der Waals surface area contributed by atoms with E-state index in [0.717, 1.165) is 26.3 Å². The van der Waals surface area contributed by atoms with Gasteiger partial charge in [-0.15, -0.1) is 0 Å². The van der Waals surface area contributed by atoms with Crippen LogP contribution in [-0.2, 0) is 14.8 Å². The predicted octanol–water partition coefficient (Wildman–Crippen LogP) is 1.33. The third-order valence-corrected chi connectivity index (χ3v) is 6.48. The van der Waals surface area contributed by atoms with Crippen LogP contribution in [0.5, 0.6) is 0 Å². The van der Waals surface area contributed by atoms with E-state index in [9.17, 15) is 8.42 Å². The Morgan fingerprint density at radius 1 is 1.31 bits per heavy atom. The average molecular weight is 401 g/mol. The molecule has 26 heavy (non-hydrogen) atoms. The van der Waals surface area contributed by atoms with Crippen LogP contribution in [0.25, 0.3) is 0 Å². The van der Waals surface area contributed by atoms with Crippen LogP contribution in [0.1, 0.15) is 13.8 Å². The molecule has 9 heteroatoms. The molecule has 1 aromatic rings. The molecule has 0 spiro atoms. The first-order valence-corrected chi connectivity index (χ1v) is 10.4. The number of rotatable bonds is 6. The molecule has 2 N–H and O–H groups in total. The molecule has 1 aliphatic rings. The van der Waals surface area contributed by atoms with Crippen molar-refractivity contribution < 1.29 is 13.2 Å². The number of sulfonamides is 1. The molecule has 0 aromatic heterocycles. The van der Waals surface area contributed by atoms with Gasteiger partial charge in [0.05, 0.1) is 18.1 Å². The number of anilines is 1. The van der Waals surface area contributed by atoms with E-state index in [1.54, 1.807) is 24.3 Å². The zero-order valence-electron chi connectivity index (χ0n) is 15.8. The van der Waals surface area contributed by atoms with Crippen LogP contribution in [0.4, 0.5) is 5.69 Å². The van der Waals surface area contributed by atoms with Crippen molar-refractivity contribution in [1.82, 2.24) is 14.5 Å². The summed E-state index contributed by atoms with van der Waals surface area (Å²) in [5, 5.41) is 6.75. The van der Waals surface area contributed by atoms with Gasteiger partial charge in [0.2, 0.25) is 10.0 Å². The third kappa shape index (κ3) is 5.37. The van der Waals surface area contributed by atoms with Gasteiger partial charge in [0.15, 0.2) is 5.11 Å². The van der Waals surface area contributed by atoms with Crippen LogP contribution < -0.4 is 10.6 Å². The molecular formula is C17H28N4O3S2. The predicted molar refractivity (Wildman–Crippen MR) is 108 cm³/mol. The van der Waals surface area contributed by atoms with Crippen LogP contribution >= 0.6 is 12.2 Å².